The van der Waals surface area contributed by atoms with E-state index in [0.29, 0.717) is 0 Å². The summed E-state index contributed by atoms with van der Waals surface area (Å²) in [6.45, 7) is 5.75. The van der Waals surface area contributed by atoms with Crippen molar-refractivity contribution in [1.82, 2.24) is 35.2 Å². The molecule has 1 saturated heterocycles. The van der Waals surface area contributed by atoms with Gasteiger partial charge in [-0.3, -0.25) is 9.97 Å². The van der Waals surface area contributed by atoms with Gasteiger partial charge in [0.1, 0.15) is 0 Å². The molecule has 34 heavy (non-hydrogen) atoms. The number of rotatable bonds is 4. The maximum absolute atomic E-state index is 4.67. The Labute approximate surface area is 197 Å². The van der Waals surface area contributed by atoms with E-state index in [2.05, 4.69) is 58.3 Å². The highest BCUT2D eigenvalue weighted by molar-refractivity contribution is 5.89. The van der Waals surface area contributed by atoms with Gasteiger partial charge in [0.2, 0.25) is 5.95 Å². The number of pyridine rings is 2. The summed E-state index contributed by atoms with van der Waals surface area (Å²) in [6, 6.07) is 14.3. The highest BCUT2D eigenvalue weighted by Gasteiger charge is 2.15. The molecule has 1 aliphatic heterocycles. The minimum absolute atomic E-state index is 0.775. The van der Waals surface area contributed by atoms with Crippen LogP contribution in [0.1, 0.15) is 5.69 Å². The number of imidazole rings is 1. The fourth-order valence-electron chi connectivity index (χ4n) is 4.33. The second-order valence-electron chi connectivity index (χ2n) is 8.43. The molecule has 0 atom stereocenters. The van der Waals surface area contributed by atoms with Gasteiger partial charge in [-0.05, 0) is 37.3 Å². The lowest BCUT2D eigenvalue weighted by Gasteiger charge is -2.27. The Bertz CT molecular complexity index is 1450. The molecule has 1 aliphatic rings. The molecule has 1 fully saturated rings. The first-order valence-electron chi connectivity index (χ1n) is 11.4. The molecular formula is C26H24N8. The molecule has 0 amide bonds. The summed E-state index contributed by atoms with van der Waals surface area (Å²) >= 11 is 0. The van der Waals surface area contributed by atoms with Gasteiger partial charge < -0.3 is 15.2 Å². The molecule has 6 rings (SSSR count). The van der Waals surface area contributed by atoms with Crippen LogP contribution in [0.15, 0.2) is 67.4 Å². The van der Waals surface area contributed by atoms with Gasteiger partial charge in [0.25, 0.3) is 0 Å². The number of aromatic amines is 1. The molecule has 0 radical (unpaired) electrons. The van der Waals surface area contributed by atoms with Gasteiger partial charge in [-0.15, -0.1) is 0 Å². The Balaban J connectivity index is 1.34. The minimum atomic E-state index is 0.775. The number of hydrogen-bond acceptors (Lipinski definition) is 7. The monoisotopic (exact) mass is 448 g/mol. The zero-order valence-electron chi connectivity index (χ0n) is 18.9. The first-order chi connectivity index (χ1) is 16.7. The Hall–Kier alpha value is -4.17. The van der Waals surface area contributed by atoms with Crippen molar-refractivity contribution < 1.29 is 0 Å². The van der Waals surface area contributed by atoms with E-state index in [1.54, 1.807) is 6.33 Å². The molecule has 1 aromatic carbocycles. The molecule has 5 aromatic rings. The van der Waals surface area contributed by atoms with Crippen LogP contribution in [0, 0.1) is 6.92 Å². The maximum atomic E-state index is 4.67. The first-order valence-corrected chi connectivity index (χ1v) is 11.4. The highest BCUT2D eigenvalue weighted by Crippen LogP contribution is 2.31. The number of nitrogens with one attached hydrogen (secondary N) is 2. The summed E-state index contributed by atoms with van der Waals surface area (Å²) in [7, 11) is 0. The summed E-state index contributed by atoms with van der Waals surface area (Å²) < 4.78 is 0. The van der Waals surface area contributed by atoms with E-state index in [-0.39, 0.29) is 0 Å². The molecule has 168 valence electrons. The predicted molar refractivity (Wildman–Crippen MR) is 133 cm³/mol. The third-order valence-electron chi connectivity index (χ3n) is 6.11. The van der Waals surface area contributed by atoms with Gasteiger partial charge in [-0.2, -0.15) is 0 Å². The average Bonchev–Trinajstić information content (AvgIpc) is 3.39. The van der Waals surface area contributed by atoms with Crippen molar-refractivity contribution in [3.05, 3.63) is 73.1 Å². The quantitative estimate of drug-likeness (QED) is 0.431. The van der Waals surface area contributed by atoms with Crippen molar-refractivity contribution in [2.45, 2.75) is 6.92 Å². The van der Waals surface area contributed by atoms with Crippen LogP contribution in [0.4, 0.5) is 5.95 Å². The number of aryl methyl sites for hydroxylation is 1. The van der Waals surface area contributed by atoms with E-state index in [9.17, 15) is 0 Å². The molecule has 0 bridgehead atoms. The van der Waals surface area contributed by atoms with Gasteiger partial charge in [0, 0.05) is 72.5 Å². The summed E-state index contributed by atoms with van der Waals surface area (Å²) in [4.78, 5) is 28.6. The molecule has 8 nitrogen and oxygen atoms in total. The first kappa shape index (κ1) is 20.4. The summed E-state index contributed by atoms with van der Waals surface area (Å²) in [6.07, 6.45) is 7.35. The van der Waals surface area contributed by atoms with Crippen molar-refractivity contribution in [3.63, 3.8) is 0 Å². The van der Waals surface area contributed by atoms with Gasteiger partial charge in [-0.1, -0.05) is 12.1 Å². The third-order valence-corrected chi connectivity index (χ3v) is 6.11. The summed E-state index contributed by atoms with van der Waals surface area (Å²) in [5.74, 6) is 0.775. The normalized spacial score (nSPS) is 14.0. The minimum Gasteiger partial charge on any atom is -0.343 e. The smallest absolute Gasteiger partial charge is 0.225 e. The predicted octanol–water partition coefficient (Wildman–Crippen LogP) is 3.86. The van der Waals surface area contributed by atoms with Crippen LogP contribution in [0.5, 0.6) is 0 Å². The molecule has 5 heterocycles. The molecule has 0 aliphatic carbocycles. The summed E-state index contributed by atoms with van der Waals surface area (Å²) in [5.41, 5.74) is 7.49. The number of anilines is 1. The number of fused-ring (bicyclic) bond motifs is 1. The van der Waals surface area contributed by atoms with Crippen LogP contribution in [0.2, 0.25) is 0 Å². The number of benzene rings is 1. The number of H-pyrrole nitrogens is 1. The Kier molecular flexibility index (Phi) is 5.20. The van der Waals surface area contributed by atoms with Crippen molar-refractivity contribution in [2.24, 2.45) is 0 Å². The molecule has 0 saturated carbocycles. The zero-order chi connectivity index (χ0) is 22.9. The highest BCUT2D eigenvalue weighted by atomic mass is 15.3. The van der Waals surface area contributed by atoms with E-state index in [4.69, 9.17) is 0 Å². The zero-order valence-corrected chi connectivity index (χ0v) is 18.9. The summed E-state index contributed by atoms with van der Waals surface area (Å²) in [5, 5.41) is 4.39. The average molecular weight is 449 g/mol. The Morgan fingerprint density at radius 2 is 1.62 bits per heavy atom. The van der Waals surface area contributed by atoms with Gasteiger partial charge in [-0.25, -0.2) is 15.0 Å². The van der Waals surface area contributed by atoms with Crippen molar-refractivity contribution in [3.8, 4) is 33.8 Å². The Morgan fingerprint density at radius 3 is 2.44 bits per heavy atom. The topological polar surface area (TPSA) is 95.5 Å². The van der Waals surface area contributed by atoms with Crippen molar-refractivity contribution in [1.29, 1.82) is 0 Å². The van der Waals surface area contributed by atoms with E-state index in [0.717, 1.165) is 82.5 Å². The second-order valence-corrected chi connectivity index (χ2v) is 8.43. The number of hydrogen-bond donors (Lipinski definition) is 2. The molecular weight excluding hydrogens is 424 g/mol. The Morgan fingerprint density at radius 1 is 0.824 bits per heavy atom. The van der Waals surface area contributed by atoms with Crippen LogP contribution >= 0.6 is 0 Å². The fourth-order valence-corrected chi connectivity index (χ4v) is 4.33. The molecule has 0 spiro atoms. The number of piperazine rings is 1. The molecule has 8 heteroatoms. The molecule has 4 aromatic heterocycles. The van der Waals surface area contributed by atoms with Gasteiger partial charge in [0.15, 0.2) is 0 Å². The standard InChI is InChI=1S/C26H24N8/c1-17-3-2-4-23(33-17)25-24(31-16-32-25)18-5-6-22-19(11-18)12-20(13-28-22)21-14-29-26(30-15-21)34-9-7-27-8-10-34/h2-6,11-16,27H,7-10H2,1H3,(H,31,32). The van der Waals surface area contributed by atoms with Gasteiger partial charge >= 0.3 is 0 Å². The number of aromatic nitrogens is 6. The lowest BCUT2D eigenvalue weighted by Crippen LogP contribution is -2.44. The number of nitrogens with zero attached hydrogens (tertiary/aromatic N) is 6. The van der Waals surface area contributed by atoms with Crippen molar-refractivity contribution in [2.75, 3.05) is 31.1 Å². The molecule has 0 unspecified atom stereocenters. The van der Waals surface area contributed by atoms with Crippen LogP contribution in [0.25, 0.3) is 44.7 Å². The van der Waals surface area contributed by atoms with E-state index in [1.165, 1.54) is 0 Å². The van der Waals surface area contributed by atoms with E-state index < -0.39 is 0 Å². The van der Waals surface area contributed by atoms with Crippen LogP contribution in [-0.2, 0) is 0 Å². The lowest BCUT2D eigenvalue weighted by atomic mass is 10.0. The SMILES string of the molecule is Cc1cccc(-c2[nH]cnc2-c2ccc3ncc(-c4cnc(N5CCNCC5)nc4)cc3c2)n1. The van der Waals surface area contributed by atoms with E-state index >= 15 is 0 Å². The van der Waals surface area contributed by atoms with Crippen molar-refractivity contribution >= 4 is 16.9 Å². The largest absolute Gasteiger partial charge is 0.343 e. The second kappa shape index (κ2) is 8.64. The molecule has 2 N–H and O–H groups in total. The van der Waals surface area contributed by atoms with Crippen LogP contribution in [-0.4, -0.2) is 56.1 Å². The van der Waals surface area contributed by atoms with Gasteiger partial charge in [0.05, 0.1) is 28.9 Å². The van der Waals surface area contributed by atoms with E-state index in [1.807, 2.05) is 49.8 Å². The van der Waals surface area contributed by atoms with Crippen LogP contribution < -0.4 is 10.2 Å². The lowest BCUT2D eigenvalue weighted by molar-refractivity contribution is 0.580. The third kappa shape index (κ3) is 3.88. The fraction of sp³-hybridized carbons (Fsp3) is 0.192. The van der Waals surface area contributed by atoms with Crippen LogP contribution in [0.3, 0.4) is 0 Å². The maximum Gasteiger partial charge on any atom is 0.225 e.